The maximum absolute atomic E-state index is 12.9. The van der Waals surface area contributed by atoms with Gasteiger partial charge in [0.05, 0.1) is 17.9 Å². The zero-order chi connectivity index (χ0) is 22.9. The van der Waals surface area contributed by atoms with Gasteiger partial charge in [-0.15, -0.1) is 5.23 Å². The number of fused-ring (bicyclic) bond motifs is 1. The molecule has 2 N–H and O–H groups in total. The lowest BCUT2D eigenvalue weighted by Crippen LogP contribution is -2.59. The molecule has 0 aliphatic carbocycles. The molecule has 2 aliphatic heterocycles. The van der Waals surface area contributed by atoms with Crippen LogP contribution in [-0.4, -0.2) is 73.7 Å². The van der Waals surface area contributed by atoms with Gasteiger partial charge in [0, 0.05) is 19.9 Å². The molecule has 3 rings (SSSR count). The largest absolute Gasteiger partial charge is 0.769 e. The lowest BCUT2D eigenvalue weighted by molar-refractivity contribution is -0.272. The maximum Gasteiger partial charge on any atom is 0.338 e. The smallest absolute Gasteiger partial charge is 0.338 e. The van der Waals surface area contributed by atoms with Gasteiger partial charge in [0.2, 0.25) is 0 Å². The first-order chi connectivity index (χ1) is 14.6. The number of ether oxygens (including phenoxy) is 6. The van der Waals surface area contributed by atoms with Crippen LogP contribution in [0.15, 0.2) is 18.2 Å². The van der Waals surface area contributed by atoms with Gasteiger partial charge < -0.3 is 44.1 Å². The quantitative estimate of drug-likeness (QED) is 0.454. The Hall–Kier alpha value is -2.07. The van der Waals surface area contributed by atoms with E-state index in [1.54, 1.807) is 13.8 Å². The Bertz CT molecular complexity index is 762. The van der Waals surface area contributed by atoms with Crippen LogP contribution in [0.3, 0.4) is 0 Å². The number of hydrogen-bond donors (Lipinski definition) is 2. The summed E-state index contributed by atoms with van der Waals surface area (Å²) in [6.45, 7) is 3.41. The number of esters is 1. The van der Waals surface area contributed by atoms with E-state index in [-0.39, 0.29) is 17.4 Å². The monoisotopic (exact) mass is 444 g/mol. The van der Waals surface area contributed by atoms with E-state index in [2.05, 4.69) is 0 Å². The lowest BCUT2D eigenvalue weighted by atomic mass is 9.99. The minimum absolute atomic E-state index is 0.0338. The summed E-state index contributed by atoms with van der Waals surface area (Å²) < 4.78 is 33.7. The van der Waals surface area contributed by atoms with Gasteiger partial charge in [-0.25, -0.2) is 4.79 Å². The second-order valence-electron chi connectivity index (χ2n) is 7.45. The van der Waals surface area contributed by atoms with E-state index in [9.17, 15) is 25.6 Å². The Morgan fingerprint density at radius 1 is 1.13 bits per heavy atom. The van der Waals surface area contributed by atoms with Gasteiger partial charge in [-0.1, -0.05) is 0 Å². The molecule has 2 fully saturated rings. The molecular weight excluding hydrogens is 420 g/mol. The average Bonchev–Trinajstić information content (AvgIpc) is 3.04. The summed E-state index contributed by atoms with van der Waals surface area (Å²) in [6, 6.07) is 2.86. The third-order valence-electron chi connectivity index (χ3n) is 4.82. The van der Waals surface area contributed by atoms with E-state index >= 15 is 0 Å². The second kappa shape index (κ2) is 9.20. The third kappa shape index (κ3) is 5.06. The van der Waals surface area contributed by atoms with Gasteiger partial charge in [-0.2, -0.15) is 0 Å². The second-order valence-corrected chi connectivity index (χ2v) is 7.45. The van der Waals surface area contributed by atoms with Crippen LogP contribution in [0.5, 0.6) is 0 Å². The SMILES string of the molecule is COC[C@H]1O[C@H](OC)[C@@H]2OC(C)(C)O[C@@H]2[C@@H]1OC(=O)c1cc(N([O-])[O-])cc(N(O)O)c1. The average molecular weight is 444 g/mol. The lowest BCUT2D eigenvalue weighted by Gasteiger charge is -2.41. The number of methoxy groups -OCH3 is 2. The van der Waals surface area contributed by atoms with Gasteiger partial charge in [0.1, 0.15) is 18.3 Å². The van der Waals surface area contributed by atoms with Crippen molar-refractivity contribution in [2.24, 2.45) is 0 Å². The molecule has 0 saturated carbocycles. The van der Waals surface area contributed by atoms with Gasteiger partial charge in [0.25, 0.3) is 0 Å². The van der Waals surface area contributed by atoms with Crippen molar-refractivity contribution in [2.45, 2.75) is 50.3 Å². The Balaban J connectivity index is 1.90. The fourth-order valence-electron chi connectivity index (χ4n) is 3.58. The van der Waals surface area contributed by atoms with Gasteiger partial charge in [-0.3, -0.25) is 10.4 Å². The normalized spacial score (nSPS) is 29.4. The number of anilines is 2. The maximum atomic E-state index is 12.9. The van der Waals surface area contributed by atoms with Crippen molar-refractivity contribution in [1.82, 2.24) is 0 Å². The highest BCUT2D eigenvalue weighted by Gasteiger charge is 2.57. The number of hydrogen-bond acceptors (Lipinski definition) is 13. The van der Waals surface area contributed by atoms with Crippen LogP contribution >= 0.6 is 0 Å². The molecule has 2 saturated heterocycles. The van der Waals surface area contributed by atoms with Gasteiger partial charge in [-0.05, 0) is 32.0 Å². The summed E-state index contributed by atoms with van der Waals surface area (Å²) in [7, 11) is 2.88. The molecular formula is C18H24N2O11-2. The molecule has 0 aromatic heterocycles. The van der Waals surface area contributed by atoms with Crippen molar-refractivity contribution in [3.05, 3.63) is 34.2 Å². The van der Waals surface area contributed by atoms with E-state index in [1.165, 1.54) is 14.2 Å². The van der Waals surface area contributed by atoms with Crippen LogP contribution in [0.4, 0.5) is 11.4 Å². The highest BCUT2D eigenvalue weighted by molar-refractivity contribution is 5.92. The Morgan fingerprint density at radius 2 is 1.77 bits per heavy atom. The summed E-state index contributed by atoms with van der Waals surface area (Å²) in [6.07, 6.45) is -4.08. The first-order valence-electron chi connectivity index (χ1n) is 9.27. The zero-order valence-electron chi connectivity index (χ0n) is 17.3. The zero-order valence-corrected chi connectivity index (χ0v) is 17.3. The number of carbonyl (C=O) groups is 1. The van der Waals surface area contributed by atoms with Crippen molar-refractivity contribution in [3.63, 3.8) is 0 Å². The van der Waals surface area contributed by atoms with Gasteiger partial charge in [0.15, 0.2) is 18.2 Å². The van der Waals surface area contributed by atoms with Crippen molar-refractivity contribution >= 4 is 17.3 Å². The molecule has 0 amide bonds. The molecule has 13 nitrogen and oxygen atoms in total. The van der Waals surface area contributed by atoms with E-state index in [1.807, 2.05) is 0 Å². The van der Waals surface area contributed by atoms with Gasteiger partial charge >= 0.3 is 5.97 Å². The predicted molar refractivity (Wildman–Crippen MR) is 102 cm³/mol. The molecule has 1 aromatic rings. The molecule has 13 heteroatoms. The third-order valence-corrected chi connectivity index (χ3v) is 4.82. The number of nitrogens with zero attached hydrogens (tertiary/aromatic N) is 2. The van der Waals surface area contributed by atoms with Crippen LogP contribution < -0.4 is 10.5 Å². The highest BCUT2D eigenvalue weighted by atomic mass is 16.8. The van der Waals surface area contributed by atoms with Crippen molar-refractivity contribution in [3.8, 4) is 0 Å². The number of rotatable bonds is 7. The first kappa shape index (κ1) is 23.6. The van der Waals surface area contributed by atoms with Crippen LogP contribution in [0.2, 0.25) is 0 Å². The fourth-order valence-corrected chi connectivity index (χ4v) is 3.58. The molecule has 2 heterocycles. The molecule has 0 spiro atoms. The van der Waals surface area contributed by atoms with E-state index in [0.717, 1.165) is 18.2 Å². The fraction of sp³-hybridized carbons (Fsp3) is 0.611. The first-order valence-corrected chi connectivity index (χ1v) is 9.27. The Kier molecular flexibility index (Phi) is 7.00. The summed E-state index contributed by atoms with van der Waals surface area (Å²) >= 11 is 0. The molecule has 31 heavy (non-hydrogen) atoms. The standard InChI is InChI=1S/C18H24N2O11/c1-18(2)30-14-13(12(8-26-3)28-17(27-4)15(14)31-18)29-16(21)9-5-10(19(22)23)7-11(6-9)20(24)25/h5-7,12-15,17,22-23H,8H2,1-4H3/q-2/t12-,13-,14-,15-,17+/m1/s1. The molecule has 174 valence electrons. The van der Waals surface area contributed by atoms with Crippen molar-refractivity contribution < 1.29 is 43.6 Å². The Morgan fingerprint density at radius 3 is 2.35 bits per heavy atom. The van der Waals surface area contributed by atoms with Crippen LogP contribution in [0.1, 0.15) is 24.2 Å². The van der Waals surface area contributed by atoms with Crippen LogP contribution in [0.25, 0.3) is 0 Å². The summed E-state index contributed by atoms with van der Waals surface area (Å²) in [4.78, 5) is 12.9. The molecule has 0 bridgehead atoms. The van der Waals surface area contributed by atoms with E-state index in [0.29, 0.717) is 0 Å². The molecule has 0 radical (unpaired) electrons. The molecule has 0 unspecified atom stereocenters. The van der Waals surface area contributed by atoms with E-state index in [4.69, 9.17) is 28.4 Å². The number of carbonyl (C=O) groups excluding carboxylic acids is 1. The van der Waals surface area contributed by atoms with Crippen LogP contribution in [-0.2, 0) is 28.4 Å². The predicted octanol–water partition coefficient (Wildman–Crippen LogP) is 1.14. The Labute approximate surface area is 177 Å². The molecule has 5 atom stereocenters. The topological polar surface area (TPSA) is 166 Å². The summed E-state index contributed by atoms with van der Waals surface area (Å²) in [5, 5.41) is 39.7. The van der Waals surface area contributed by atoms with Crippen LogP contribution in [0, 0.1) is 10.4 Å². The summed E-state index contributed by atoms with van der Waals surface area (Å²) in [5.74, 6) is -1.97. The molecule has 2 aliphatic rings. The molecule has 1 aromatic carbocycles. The van der Waals surface area contributed by atoms with Crippen molar-refractivity contribution in [1.29, 1.82) is 0 Å². The number of benzene rings is 1. The minimum Gasteiger partial charge on any atom is -0.769 e. The minimum atomic E-state index is -1.01. The van der Waals surface area contributed by atoms with Crippen molar-refractivity contribution in [2.75, 3.05) is 31.3 Å². The van der Waals surface area contributed by atoms with E-state index < -0.39 is 59.1 Å². The summed E-state index contributed by atoms with van der Waals surface area (Å²) in [5.41, 5.74) is -1.21. The highest BCUT2D eigenvalue weighted by Crippen LogP contribution is 2.39.